The van der Waals surface area contributed by atoms with Gasteiger partial charge in [-0.25, -0.2) is 4.98 Å². The van der Waals surface area contributed by atoms with Crippen LogP contribution in [0.4, 0.5) is 0 Å². The van der Waals surface area contributed by atoms with E-state index in [4.69, 9.17) is 10.3 Å². The van der Waals surface area contributed by atoms with Crippen molar-refractivity contribution in [3.05, 3.63) is 16.8 Å². The van der Waals surface area contributed by atoms with Gasteiger partial charge in [0.1, 0.15) is 5.69 Å². The zero-order chi connectivity index (χ0) is 10.9. The zero-order valence-corrected chi connectivity index (χ0v) is 9.41. The number of rotatable bonds is 3. The molecule has 0 aliphatic rings. The lowest BCUT2D eigenvalue weighted by atomic mass is 10.0. The van der Waals surface area contributed by atoms with Crippen molar-refractivity contribution in [3.63, 3.8) is 0 Å². The molecule has 2 heterocycles. The fourth-order valence-electron chi connectivity index (χ4n) is 1.03. The summed E-state index contributed by atoms with van der Waals surface area (Å²) in [6, 6.07) is 0. The topological polar surface area (TPSA) is 77.8 Å². The van der Waals surface area contributed by atoms with Crippen LogP contribution in [0.1, 0.15) is 26.2 Å². The standard InChI is InChI=1S/C9H12N4OS/c1-3-9(2,10)8-12-7(13-14-8)6-4-15-5-11-6/h4-5H,3,10H2,1-2H3. The van der Waals surface area contributed by atoms with Crippen molar-refractivity contribution in [1.29, 1.82) is 0 Å². The first-order chi connectivity index (χ1) is 7.13. The van der Waals surface area contributed by atoms with Crippen molar-refractivity contribution in [2.75, 3.05) is 0 Å². The summed E-state index contributed by atoms with van der Waals surface area (Å²) in [7, 11) is 0. The molecule has 0 radical (unpaired) electrons. The summed E-state index contributed by atoms with van der Waals surface area (Å²) < 4.78 is 5.12. The fourth-order valence-corrected chi connectivity index (χ4v) is 1.56. The average Bonchev–Trinajstić information content (AvgIpc) is 2.88. The Morgan fingerprint density at radius 2 is 2.40 bits per heavy atom. The van der Waals surface area contributed by atoms with Crippen LogP contribution >= 0.6 is 11.3 Å². The Morgan fingerprint density at radius 1 is 1.60 bits per heavy atom. The van der Waals surface area contributed by atoms with Gasteiger partial charge < -0.3 is 10.3 Å². The predicted octanol–water partition coefficient (Wildman–Crippen LogP) is 1.78. The molecule has 2 N–H and O–H groups in total. The first-order valence-corrected chi connectivity index (χ1v) is 5.59. The largest absolute Gasteiger partial charge is 0.337 e. The Bertz CT molecular complexity index is 435. The van der Waals surface area contributed by atoms with Crippen molar-refractivity contribution >= 4 is 11.3 Å². The Kier molecular flexibility index (Phi) is 2.54. The first-order valence-electron chi connectivity index (χ1n) is 4.65. The third kappa shape index (κ3) is 1.91. The Morgan fingerprint density at radius 3 is 3.00 bits per heavy atom. The fraction of sp³-hybridized carbons (Fsp3) is 0.444. The minimum Gasteiger partial charge on any atom is -0.337 e. The first kappa shape index (κ1) is 10.3. The lowest BCUT2D eigenvalue weighted by molar-refractivity contribution is 0.291. The second kappa shape index (κ2) is 3.71. The van der Waals surface area contributed by atoms with Crippen molar-refractivity contribution in [2.45, 2.75) is 25.8 Å². The maximum atomic E-state index is 5.99. The minimum absolute atomic E-state index is 0.452. The molecule has 0 aliphatic heterocycles. The summed E-state index contributed by atoms with van der Waals surface area (Å²) in [6.45, 7) is 3.85. The van der Waals surface area contributed by atoms with Crippen LogP contribution in [0.5, 0.6) is 0 Å². The highest BCUT2D eigenvalue weighted by atomic mass is 32.1. The van der Waals surface area contributed by atoms with Crippen LogP contribution in [0.2, 0.25) is 0 Å². The van der Waals surface area contributed by atoms with Gasteiger partial charge in [-0.05, 0) is 13.3 Å². The second-order valence-electron chi connectivity index (χ2n) is 3.57. The molecule has 1 unspecified atom stereocenters. The highest BCUT2D eigenvalue weighted by Crippen LogP contribution is 2.22. The third-order valence-electron chi connectivity index (χ3n) is 2.31. The van der Waals surface area contributed by atoms with Crippen LogP contribution in [-0.2, 0) is 5.54 Å². The number of nitrogens with two attached hydrogens (primary N) is 1. The van der Waals surface area contributed by atoms with E-state index in [-0.39, 0.29) is 0 Å². The van der Waals surface area contributed by atoms with Crippen LogP contribution in [0.15, 0.2) is 15.4 Å². The average molecular weight is 224 g/mol. The van der Waals surface area contributed by atoms with E-state index in [9.17, 15) is 0 Å². The van der Waals surface area contributed by atoms with Gasteiger partial charge in [-0.2, -0.15) is 4.98 Å². The molecule has 0 aliphatic carbocycles. The van der Waals surface area contributed by atoms with Gasteiger partial charge in [-0.3, -0.25) is 0 Å². The lowest BCUT2D eigenvalue weighted by Crippen LogP contribution is -2.32. The van der Waals surface area contributed by atoms with E-state index in [1.165, 1.54) is 11.3 Å². The summed E-state index contributed by atoms with van der Waals surface area (Å²) in [5.41, 5.74) is 7.87. The molecule has 80 valence electrons. The maximum absolute atomic E-state index is 5.99. The van der Waals surface area contributed by atoms with E-state index in [0.717, 1.165) is 12.1 Å². The molecule has 2 rings (SSSR count). The molecule has 0 amide bonds. The molecule has 2 aromatic rings. The van der Waals surface area contributed by atoms with Gasteiger partial charge in [0.2, 0.25) is 11.7 Å². The van der Waals surface area contributed by atoms with Gasteiger partial charge >= 0.3 is 0 Å². The molecule has 6 heteroatoms. The summed E-state index contributed by atoms with van der Waals surface area (Å²) in [5, 5.41) is 5.72. The van der Waals surface area contributed by atoms with Crippen LogP contribution < -0.4 is 5.73 Å². The molecule has 5 nitrogen and oxygen atoms in total. The molecule has 15 heavy (non-hydrogen) atoms. The molecule has 0 bridgehead atoms. The monoisotopic (exact) mass is 224 g/mol. The normalized spacial score (nSPS) is 15.1. The summed E-state index contributed by atoms with van der Waals surface area (Å²) in [5.74, 6) is 0.948. The summed E-state index contributed by atoms with van der Waals surface area (Å²) >= 11 is 1.49. The number of aromatic nitrogens is 3. The highest BCUT2D eigenvalue weighted by molar-refractivity contribution is 7.07. The van der Waals surface area contributed by atoms with E-state index < -0.39 is 5.54 Å². The minimum atomic E-state index is -0.568. The van der Waals surface area contributed by atoms with Crippen molar-refractivity contribution in [1.82, 2.24) is 15.1 Å². The molecule has 0 saturated heterocycles. The van der Waals surface area contributed by atoms with Gasteiger partial charge in [-0.15, -0.1) is 11.3 Å². The summed E-state index contributed by atoms with van der Waals surface area (Å²) in [6.07, 6.45) is 0.742. The van der Waals surface area contributed by atoms with Crippen molar-refractivity contribution in [3.8, 4) is 11.5 Å². The van der Waals surface area contributed by atoms with Gasteiger partial charge in [0.15, 0.2) is 0 Å². The number of hydrogen-bond acceptors (Lipinski definition) is 6. The summed E-state index contributed by atoms with van der Waals surface area (Å²) in [4.78, 5) is 8.34. The van der Waals surface area contributed by atoms with E-state index in [1.807, 2.05) is 19.2 Å². The Hall–Kier alpha value is -1.27. The SMILES string of the molecule is CCC(C)(N)c1nc(-c2cscn2)no1. The van der Waals surface area contributed by atoms with Gasteiger partial charge in [-0.1, -0.05) is 12.1 Å². The number of hydrogen-bond donors (Lipinski definition) is 1. The molecule has 0 saturated carbocycles. The van der Waals surface area contributed by atoms with Crippen LogP contribution in [0.25, 0.3) is 11.5 Å². The van der Waals surface area contributed by atoms with E-state index in [0.29, 0.717) is 11.7 Å². The van der Waals surface area contributed by atoms with Gasteiger partial charge in [0, 0.05) is 5.38 Å². The highest BCUT2D eigenvalue weighted by Gasteiger charge is 2.26. The van der Waals surface area contributed by atoms with Crippen LogP contribution in [0, 0.1) is 0 Å². The third-order valence-corrected chi connectivity index (χ3v) is 2.90. The number of nitrogens with zero attached hydrogens (tertiary/aromatic N) is 3. The van der Waals surface area contributed by atoms with Crippen molar-refractivity contribution in [2.24, 2.45) is 5.73 Å². The molecule has 0 fully saturated rings. The van der Waals surface area contributed by atoms with E-state index in [1.54, 1.807) is 5.51 Å². The lowest BCUT2D eigenvalue weighted by Gasteiger charge is -2.16. The van der Waals surface area contributed by atoms with Crippen LogP contribution in [-0.4, -0.2) is 15.1 Å². The molecule has 0 spiro atoms. The smallest absolute Gasteiger partial charge is 0.246 e. The van der Waals surface area contributed by atoms with E-state index in [2.05, 4.69) is 15.1 Å². The van der Waals surface area contributed by atoms with Gasteiger partial charge in [0.05, 0.1) is 11.0 Å². The second-order valence-corrected chi connectivity index (χ2v) is 4.29. The van der Waals surface area contributed by atoms with Gasteiger partial charge in [0.25, 0.3) is 0 Å². The van der Waals surface area contributed by atoms with Crippen molar-refractivity contribution < 1.29 is 4.52 Å². The van der Waals surface area contributed by atoms with Crippen LogP contribution in [0.3, 0.4) is 0 Å². The predicted molar refractivity (Wildman–Crippen MR) is 57.2 cm³/mol. The maximum Gasteiger partial charge on any atom is 0.246 e. The molecule has 1 atom stereocenters. The molecule has 2 aromatic heterocycles. The molecular formula is C9H12N4OS. The molecule has 0 aromatic carbocycles. The quantitative estimate of drug-likeness (QED) is 0.859. The Balaban J connectivity index is 2.33. The van der Waals surface area contributed by atoms with E-state index >= 15 is 0 Å². The number of thiazole rings is 1. The zero-order valence-electron chi connectivity index (χ0n) is 8.60. The Labute approximate surface area is 91.3 Å². The molecular weight excluding hydrogens is 212 g/mol.